The molecule has 0 unspecified atom stereocenters. The van der Waals surface area contributed by atoms with Crippen LogP contribution < -0.4 is 10.2 Å². The fourth-order valence-corrected chi connectivity index (χ4v) is 2.46. The Labute approximate surface area is 145 Å². The standard InChI is InChI=1S/C20H18FN3O/c1-24(14-15-5-3-2-4-6-15)18-11-12-22-19(13-18)20(25)23-17-9-7-16(21)8-10-17/h2-13H,14H2,1H3,(H,23,25). The molecule has 0 aliphatic carbocycles. The van der Waals surface area contributed by atoms with Gasteiger partial charge in [0, 0.05) is 31.2 Å². The minimum atomic E-state index is -0.347. The predicted molar refractivity (Wildman–Crippen MR) is 97.1 cm³/mol. The summed E-state index contributed by atoms with van der Waals surface area (Å²) in [5.74, 6) is -0.678. The van der Waals surface area contributed by atoms with Gasteiger partial charge in [-0.1, -0.05) is 30.3 Å². The molecule has 0 atom stereocenters. The van der Waals surface area contributed by atoms with Gasteiger partial charge in [-0.2, -0.15) is 0 Å². The number of anilines is 2. The molecule has 1 amide bonds. The van der Waals surface area contributed by atoms with E-state index in [0.29, 0.717) is 11.4 Å². The highest BCUT2D eigenvalue weighted by Crippen LogP contribution is 2.17. The molecule has 0 saturated carbocycles. The van der Waals surface area contributed by atoms with E-state index in [1.54, 1.807) is 12.3 Å². The maximum Gasteiger partial charge on any atom is 0.274 e. The smallest absolute Gasteiger partial charge is 0.274 e. The van der Waals surface area contributed by atoms with E-state index >= 15 is 0 Å². The average Bonchev–Trinajstić information content (AvgIpc) is 2.64. The summed E-state index contributed by atoms with van der Waals surface area (Å²) in [6.45, 7) is 0.726. The Morgan fingerprint density at radius 3 is 2.52 bits per heavy atom. The lowest BCUT2D eigenvalue weighted by atomic mass is 10.2. The molecule has 0 fully saturated rings. The summed E-state index contributed by atoms with van der Waals surface area (Å²) in [7, 11) is 1.96. The Bertz CT molecular complexity index is 850. The zero-order valence-corrected chi connectivity index (χ0v) is 13.8. The van der Waals surface area contributed by atoms with Crippen LogP contribution in [-0.2, 0) is 6.54 Å². The van der Waals surface area contributed by atoms with Gasteiger partial charge < -0.3 is 10.2 Å². The maximum absolute atomic E-state index is 12.9. The van der Waals surface area contributed by atoms with Crippen molar-refractivity contribution < 1.29 is 9.18 Å². The Balaban J connectivity index is 1.72. The molecule has 0 spiro atoms. The van der Waals surface area contributed by atoms with Gasteiger partial charge >= 0.3 is 0 Å². The van der Waals surface area contributed by atoms with Gasteiger partial charge in [-0.25, -0.2) is 4.39 Å². The topological polar surface area (TPSA) is 45.2 Å². The zero-order valence-electron chi connectivity index (χ0n) is 13.8. The van der Waals surface area contributed by atoms with Crippen LogP contribution in [0.25, 0.3) is 0 Å². The molecule has 126 valence electrons. The Kier molecular flexibility index (Phi) is 5.04. The van der Waals surface area contributed by atoms with Crippen LogP contribution in [0.5, 0.6) is 0 Å². The molecule has 0 bridgehead atoms. The van der Waals surface area contributed by atoms with Gasteiger partial charge in [-0.3, -0.25) is 9.78 Å². The number of hydrogen-bond acceptors (Lipinski definition) is 3. The number of rotatable bonds is 5. The summed E-state index contributed by atoms with van der Waals surface area (Å²) >= 11 is 0. The third kappa shape index (κ3) is 4.41. The molecule has 25 heavy (non-hydrogen) atoms. The normalized spacial score (nSPS) is 10.3. The number of carbonyl (C=O) groups excluding carboxylic acids is 1. The average molecular weight is 335 g/mol. The van der Waals surface area contributed by atoms with Crippen molar-refractivity contribution in [3.05, 3.63) is 90.0 Å². The van der Waals surface area contributed by atoms with Crippen molar-refractivity contribution in [2.24, 2.45) is 0 Å². The third-order valence-corrected chi connectivity index (χ3v) is 3.78. The second kappa shape index (κ2) is 7.57. The van der Waals surface area contributed by atoms with E-state index in [-0.39, 0.29) is 11.7 Å². The van der Waals surface area contributed by atoms with Crippen molar-refractivity contribution in [1.82, 2.24) is 4.98 Å². The molecular weight excluding hydrogens is 317 g/mol. The highest BCUT2D eigenvalue weighted by molar-refractivity contribution is 6.03. The highest BCUT2D eigenvalue weighted by atomic mass is 19.1. The van der Waals surface area contributed by atoms with E-state index < -0.39 is 0 Å². The fourth-order valence-electron chi connectivity index (χ4n) is 2.46. The summed E-state index contributed by atoms with van der Waals surface area (Å²) in [5.41, 5.74) is 2.90. The molecule has 0 radical (unpaired) electrons. The number of halogens is 1. The maximum atomic E-state index is 12.9. The number of amides is 1. The molecule has 0 aliphatic heterocycles. The van der Waals surface area contributed by atoms with E-state index in [1.807, 2.05) is 36.2 Å². The van der Waals surface area contributed by atoms with Crippen LogP contribution in [0, 0.1) is 5.82 Å². The van der Waals surface area contributed by atoms with Crippen molar-refractivity contribution in [2.45, 2.75) is 6.54 Å². The molecule has 5 heteroatoms. The number of aromatic nitrogens is 1. The van der Waals surface area contributed by atoms with Gasteiger partial charge in [-0.05, 0) is 42.0 Å². The van der Waals surface area contributed by atoms with E-state index in [9.17, 15) is 9.18 Å². The van der Waals surface area contributed by atoms with Gasteiger partial charge in [0.25, 0.3) is 5.91 Å². The number of nitrogens with zero attached hydrogens (tertiary/aromatic N) is 2. The van der Waals surface area contributed by atoms with Crippen LogP contribution in [0.4, 0.5) is 15.8 Å². The van der Waals surface area contributed by atoms with Crippen molar-refractivity contribution >= 4 is 17.3 Å². The van der Waals surface area contributed by atoms with Crippen LogP contribution >= 0.6 is 0 Å². The molecule has 1 aromatic heterocycles. The van der Waals surface area contributed by atoms with Gasteiger partial charge in [0.05, 0.1) is 0 Å². The molecular formula is C20H18FN3O. The van der Waals surface area contributed by atoms with Crippen LogP contribution in [0.2, 0.25) is 0 Å². The monoisotopic (exact) mass is 335 g/mol. The lowest BCUT2D eigenvalue weighted by Gasteiger charge is -2.19. The molecule has 3 aromatic rings. The lowest BCUT2D eigenvalue weighted by Crippen LogP contribution is -2.18. The second-order valence-electron chi connectivity index (χ2n) is 5.70. The molecule has 3 rings (SSSR count). The van der Waals surface area contributed by atoms with Crippen molar-refractivity contribution in [3.63, 3.8) is 0 Å². The number of carbonyl (C=O) groups is 1. The summed E-state index contributed by atoms with van der Waals surface area (Å²) < 4.78 is 12.9. The number of pyridine rings is 1. The SMILES string of the molecule is CN(Cc1ccccc1)c1ccnc(C(=O)Nc2ccc(F)cc2)c1. The summed E-state index contributed by atoms with van der Waals surface area (Å²) in [6, 6.07) is 19.3. The summed E-state index contributed by atoms with van der Waals surface area (Å²) in [5, 5.41) is 2.71. The number of benzene rings is 2. The Hall–Kier alpha value is -3.21. The van der Waals surface area contributed by atoms with E-state index in [4.69, 9.17) is 0 Å². The van der Waals surface area contributed by atoms with E-state index in [1.165, 1.54) is 29.8 Å². The Morgan fingerprint density at radius 2 is 1.80 bits per heavy atom. The Morgan fingerprint density at radius 1 is 1.08 bits per heavy atom. The number of hydrogen-bond donors (Lipinski definition) is 1. The lowest BCUT2D eigenvalue weighted by molar-refractivity contribution is 0.102. The fraction of sp³-hybridized carbons (Fsp3) is 0.100. The number of nitrogens with one attached hydrogen (secondary N) is 1. The zero-order chi connectivity index (χ0) is 17.6. The van der Waals surface area contributed by atoms with Gasteiger partial charge in [-0.15, -0.1) is 0 Å². The largest absolute Gasteiger partial charge is 0.370 e. The van der Waals surface area contributed by atoms with Gasteiger partial charge in [0.15, 0.2) is 0 Å². The highest BCUT2D eigenvalue weighted by Gasteiger charge is 2.10. The minimum Gasteiger partial charge on any atom is -0.370 e. The first-order chi connectivity index (χ1) is 12.1. The predicted octanol–water partition coefficient (Wildman–Crippen LogP) is 4.11. The molecule has 0 aliphatic rings. The van der Waals surface area contributed by atoms with Crippen LogP contribution in [0.3, 0.4) is 0 Å². The van der Waals surface area contributed by atoms with E-state index in [0.717, 1.165) is 12.2 Å². The first-order valence-corrected chi connectivity index (χ1v) is 7.90. The van der Waals surface area contributed by atoms with Crippen LogP contribution in [0.1, 0.15) is 16.1 Å². The first kappa shape index (κ1) is 16.6. The minimum absolute atomic E-state index is 0.307. The first-order valence-electron chi connectivity index (χ1n) is 7.90. The summed E-state index contributed by atoms with van der Waals surface area (Å²) in [6.07, 6.45) is 1.61. The van der Waals surface area contributed by atoms with Crippen molar-refractivity contribution in [3.8, 4) is 0 Å². The van der Waals surface area contributed by atoms with Gasteiger partial charge in [0.2, 0.25) is 0 Å². The second-order valence-corrected chi connectivity index (χ2v) is 5.70. The summed E-state index contributed by atoms with van der Waals surface area (Å²) in [4.78, 5) is 18.5. The van der Waals surface area contributed by atoms with Crippen molar-refractivity contribution in [1.29, 1.82) is 0 Å². The molecule has 2 aromatic carbocycles. The van der Waals surface area contributed by atoms with Crippen LogP contribution in [-0.4, -0.2) is 17.9 Å². The van der Waals surface area contributed by atoms with Crippen molar-refractivity contribution in [2.75, 3.05) is 17.3 Å². The molecule has 0 saturated heterocycles. The molecule has 1 heterocycles. The third-order valence-electron chi connectivity index (χ3n) is 3.78. The quantitative estimate of drug-likeness (QED) is 0.763. The molecule has 1 N–H and O–H groups in total. The molecule has 4 nitrogen and oxygen atoms in total. The van der Waals surface area contributed by atoms with E-state index in [2.05, 4.69) is 22.4 Å². The van der Waals surface area contributed by atoms with Gasteiger partial charge in [0.1, 0.15) is 11.5 Å². The van der Waals surface area contributed by atoms with Crippen LogP contribution in [0.15, 0.2) is 72.9 Å².